The summed E-state index contributed by atoms with van der Waals surface area (Å²) in [6, 6.07) is 12.8. The normalized spacial score (nSPS) is 12.0. The third kappa shape index (κ3) is 3.37. The zero-order valence-electron chi connectivity index (χ0n) is 12.4. The van der Waals surface area contributed by atoms with E-state index in [4.69, 9.17) is 17.3 Å². The predicted molar refractivity (Wildman–Crippen MR) is 87.6 cm³/mol. The van der Waals surface area contributed by atoms with Gasteiger partial charge in [0, 0.05) is 23.3 Å². The molecule has 4 heteroatoms. The molecule has 2 rings (SSSR count). The highest BCUT2D eigenvalue weighted by molar-refractivity contribution is 6.31. The first-order valence-corrected chi connectivity index (χ1v) is 7.16. The first-order chi connectivity index (χ1) is 9.90. The SMILES string of the molecule is Cc1cc(N)cc(C(=O)N(C)C(C)c2ccccc2Cl)c1. The Morgan fingerprint density at radius 1 is 1.24 bits per heavy atom. The molecule has 0 saturated heterocycles. The van der Waals surface area contributed by atoms with Crippen molar-refractivity contribution in [2.45, 2.75) is 19.9 Å². The van der Waals surface area contributed by atoms with Crippen molar-refractivity contribution in [1.29, 1.82) is 0 Å². The fraction of sp³-hybridized carbons (Fsp3) is 0.235. The molecule has 0 aliphatic rings. The predicted octanol–water partition coefficient (Wildman–Crippen LogP) is 4.06. The zero-order chi connectivity index (χ0) is 15.6. The molecule has 1 unspecified atom stereocenters. The Hall–Kier alpha value is -2.00. The van der Waals surface area contributed by atoms with Gasteiger partial charge in [-0.05, 0) is 49.2 Å². The quantitative estimate of drug-likeness (QED) is 0.869. The minimum absolute atomic E-state index is 0.0715. The maximum absolute atomic E-state index is 12.6. The molecule has 2 N–H and O–H groups in total. The summed E-state index contributed by atoms with van der Waals surface area (Å²) in [6.45, 7) is 3.88. The summed E-state index contributed by atoms with van der Waals surface area (Å²) >= 11 is 6.21. The van der Waals surface area contributed by atoms with Gasteiger partial charge in [-0.15, -0.1) is 0 Å². The minimum Gasteiger partial charge on any atom is -0.399 e. The molecule has 0 saturated carbocycles. The second kappa shape index (κ2) is 6.19. The van der Waals surface area contributed by atoms with Crippen molar-refractivity contribution in [2.75, 3.05) is 12.8 Å². The fourth-order valence-corrected chi connectivity index (χ4v) is 2.63. The van der Waals surface area contributed by atoms with Gasteiger partial charge in [0.1, 0.15) is 0 Å². The number of amides is 1. The van der Waals surface area contributed by atoms with E-state index >= 15 is 0 Å². The Morgan fingerprint density at radius 2 is 1.90 bits per heavy atom. The molecule has 110 valence electrons. The average molecular weight is 303 g/mol. The Morgan fingerprint density at radius 3 is 2.52 bits per heavy atom. The highest BCUT2D eigenvalue weighted by Gasteiger charge is 2.20. The molecular formula is C17H19ClN2O. The minimum atomic E-state index is -0.118. The Kier molecular flexibility index (Phi) is 4.53. The average Bonchev–Trinajstić information content (AvgIpc) is 2.44. The maximum atomic E-state index is 12.6. The van der Waals surface area contributed by atoms with Crippen LogP contribution in [0, 0.1) is 6.92 Å². The molecule has 1 atom stereocenters. The van der Waals surface area contributed by atoms with Crippen molar-refractivity contribution in [3.05, 3.63) is 64.2 Å². The van der Waals surface area contributed by atoms with Gasteiger partial charge in [-0.2, -0.15) is 0 Å². The molecule has 0 heterocycles. The van der Waals surface area contributed by atoms with Crippen LogP contribution in [-0.4, -0.2) is 17.9 Å². The zero-order valence-corrected chi connectivity index (χ0v) is 13.2. The van der Waals surface area contributed by atoms with Gasteiger partial charge in [0.15, 0.2) is 0 Å². The standard InChI is InChI=1S/C17H19ClN2O/c1-11-8-13(10-14(19)9-11)17(21)20(3)12(2)15-6-4-5-7-16(15)18/h4-10,12H,19H2,1-3H3. The van der Waals surface area contributed by atoms with Crippen LogP contribution in [-0.2, 0) is 0 Å². The second-order valence-electron chi connectivity index (χ2n) is 5.25. The Bertz CT molecular complexity index is 649. The lowest BCUT2D eigenvalue weighted by Gasteiger charge is -2.26. The highest BCUT2D eigenvalue weighted by atomic mass is 35.5. The van der Waals surface area contributed by atoms with E-state index in [1.807, 2.05) is 50.2 Å². The number of anilines is 1. The number of hydrogen-bond donors (Lipinski definition) is 1. The molecule has 3 nitrogen and oxygen atoms in total. The van der Waals surface area contributed by atoms with Crippen molar-refractivity contribution in [2.24, 2.45) is 0 Å². The molecule has 0 radical (unpaired) electrons. The van der Waals surface area contributed by atoms with Gasteiger partial charge in [-0.1, -0.05) is 29.8 Å². The second-order valence-corrected chi connectivity index (χ2v) is 5.65. The summed E-state index contributed by atoms with van der Waals surface area (Å²) in [4.78, 5) is 14.3. The number of nitrogen functional groups attached to an aromatic ring is 1. The fourth-order valence-electron chi connectivity index (χ4n) is 2.34. The third-order valence-electron chi connectivity index (χ3n) is 3.60. The van der Waals surface area contributed by atoms with Crippen LogP contribution in [0.4, 0.5) is 5.69 Å². The first-order valence-electron chi connectivity index (χ1n) is 6.79. The summed E-state index contributed by atoms with van der Waals surface area (Å²) in [6.07, 6.45) is 0. The van der Waals surface area contributed by atoms with E-state index in [1.165, 1.54) is 0 Å². The maximum Gasteiger partial charge on any atom is 0.254 e. The first kappa shape index (κ1) is 15.4. The van der Waals surface area contributed by atoms with Gasteiger partial charge < -0.3 is 10.6 Å². The van der Waals surface area contributed by atoms with Crippen LogP contribution in [0.1, 0.15) is 34.5 Å². The van der Waals surface area contributed by atoms with Gasteiger partial charge in [0.05, 0.1) is 6.04 Å². The summed E-state index contributed by atoms with van der Waals surface area (Å²) < 4.78 is 0. The van der Waals surface area contributed by atoms with Crippen LogP contribution in [0.3, 0.4) is 0 Å². The number of aryl methyl sites for hydroxylation is 1. The van der Waals surface area contributed by atoms with Crippen molar-refractivity contribution in [3.63, 3.8) is 0 Å². The Balaban J connectivity index is 2.28. The van der Waals surface area contributed by atoms with Gasteiger partial charge in [-0.3, -0.25) is 4.79 Å². The number of nitrogens with two attached hydrogens (primary N) is 1. The molecule has 1 amide bonds. The van der Waals surface area contributed by atoms with E-state index in [0.717, 1.165) is 11.1 Å². The lowest BCUT2D eigenvalue weighted by Crippen LogP contribution is -2.30. The molecular weight excluding hydrogens is 284 g/mol. The van der Waals surface area contributed by atoms with Crippen molar-refractivity contribution in [1.82, 2.24) is 4.90 Å². The molecule has 0 aromatic heterocycles. The summed E-state index contributed by atoms with van der Waals surface area (Å²) in [7, 11) is 1.77. The summed E-state index contributed by atoms with van der Waals surface area (Å²) in [5, 5.41) is 0.661. The molecule has 2 aromatic rings. The molecule has 2 aromatic carbocycles. The van der Waals surface area contributed by atoms with Gasteiger partial charge in [0.25, 0.3) is 5.91 Å². The van der Waals surface area contributed by atoms with E-state index in [2.05, 4.69) is 0 Å². The molecule has 0 aliphatic carbocycles. The molecule has 0 spiro atoms. The molecule has 0 fully saturated rings. The van der Waals surface area contributed by atoms with Gasteiger partial charge >= 0.3 is 0 Å². The third-order valence-corrected chi connectivity index (χ3v) is 3.95. The summed E-state index contributed by atoms with van der Waals surface area (Å²) in [5.74, 6) is -0.0715. The number of carbonyl (C=O) groups is 1. The van der Waals surface area contributed by atoms with Gasteiger partial charge in [0.2, 0.25) is 0 Å². The van der Waals surface area contributed by atoms with Crippen LogP contribution >= 0.6 is 11.6 Å². The van der Waals surface area contributed by atoms with Crippen molar-refractivity contribution in [3.8, 4) is 0 Å². The molecule has 0 aliphatic heterocycles. The van der Waals surface area contributed by atoms with Crippen LogP contribution < -0.4 is 5.73 Å². The van der Waals surface area contributed by atoms with Crippen LogP contribution in [0.15, 0.2) is 42.5 Å². The van der Waals surface area contributed by atoms with E-state index in [0.29, 0.717) is 16.3 Å². The van der Waals surface area contributed by atoms with Crippen molar-refractivity contribution < 1.29 is 4.79 Å². The number of halogens is 1. The monoisotopic (exact) mass is 302 g/mol. The lowest BCUT2D eigenvalue weighted by atomic mass is 10.0. The van der Waals surface area contributed by atoms with Gasteiger partial charge in [-0.25, -0.2) is 0 Å². The van der Waals surface area contributed by atoms with E-state index < -0.39 is 0 Å². The molecule has 21 heavy (non-hydrogen) atoms. The van der Waals surface area contributed by atoms with E-state index in [9.17, 15) is 4.79 Å². The lowest BCUT2D eigenvalue weighted by molar-refractivity contribution is 0.0742. The number of hydrogen-bond acceptors (Lipinski definition) is 2. The Labute approximate surface area is 130 Å². The van der Waals surface area contributed by atoms with Crippen molar-refractivity contribution >= 4 is 23.2 Å². The van der Waals surface area contributed by atoms with E-state index in [-0.39, 0.29) is 11.9 Å². The number of carbonyl (C=O) groups excluding carboxylic acids is 1. The van der Waals surface area contributed by atoms with Crippen LogP contribution in [0.25, 0.3) is 0 Å². The number of rotatable bonds is 3. The van der Waals surface area contributed by atoms with Crippen LogP contribution in [0.5, 0.6) is 0 Å². The highest BCUT2D eigenvalue weighted by Crippen LogP contribution is 2.27. The topological polar surface area (TPSA) is 46.3 Å². The largest absolute Gasteiger partial charge is 0.399 e. The number of nitrogens with zero attached hydrogens (tertiary/aromatic N) is 1. The smallest absolute Gasteiger partial charge is 0.254 e. The van der Waals surface area contributed by atoms with E-state index in [1.54, 1.807) is 18.0 Å². The number of benzene rings is 2. The molecule has 0 bridgehead atoms. The summed E-state index contributed by atoms with van der Waals surface area (Å²) in [5.41, 5.74) is 8.90. The van der Waals surface area contributed by atoms with Crippen LogP contribution in [0.2, 0.25) is 5.02 Å².